The molecule has 6 nitrogen and oxygen atoms in total. The summed E-state index contributed by atoms with van der Waals surface area (Å²) in [5.74, 6) is 0.360. The van der Waals surface area contributed by atoms with Gasteiger partial charge in [-0.3, -0.25) is 4.90 Å². The van der Waals surface area contributed by atoms with Crippen molar-refractivity contribution in [1.82, 2.24) is 4.90 Å². The van der Waals surface area contributed by atoms with Crippen molar-refractivity contribution in [3.05, 3.63) is 29.8 Å². The second kappa shape index (κ2) is 9.61. The Morgan fingerprint density at radius 3 is 2.42 bits per heavy atom. The van der Waals surface area contributed by atoms with E-state index in [-0.39, 0.29) is 18.2 Å². The van der Waals surface area contributed by atoms with Gasteiger partial charge < -0.3 is 18.9 Å². The van der Waals surface area contributed by atoms with Crippen LogP contribution in [-0.2, 0) is 14.2 Å². The Morgan fingerprint density at radius 2 is 1.79 bits per heavy atom. The molecule has 1 heterocycles. The third-order valence-corrected chi connectivity index (χ3v) is 3.82. The molecule has 2 rings (SSSR count). The van der Waals surface area contributed by atoms with Crippen molar-refractivity contribution in [2.24, 2.45) is 0 Å². The van der Waals surface area contributed by atoms with Gasteiger partial charge in [-0.1, -0.05) is 0 Å². The van der Waals surface area contributed by atoms with Gasteiger partial charge in [0.05, 0.1) is 38.1 Å². The SMILES string of the molecule is COC(=O)c1ccc(OCCOCCN2C[C@H](C)O[C@@H](C)C2)cc1. The van der Waals surface area contributed by atoms with Crippen LogP contribution < -0.4 is 4.74 Å². The van der Waals surface area contributed by atoms with Crippen molar-refractivity contribution >= 4 is 5.97 Å². The molecule has 0 N–H and O–H groups in total. The first-order valence-electron chi connectivity index (χ1n) is 8.35. The van der Waals surface area contributed by atoms with E-state index < -0.39 is 0 Å². The van der Waals surface area contributed by atoms with Crippen LogP contribution in [0.5, 0.6) is 5.75 Å². The summed E-state index contributed by atoms with van der Waals surface area (Å²) in [6.07, 6.45) is 0.565. The molecule has 0 radical (unpaired) electrons. The molecule has 2 atom stereocenters. The Hall–Kier alpha value is -1.63. The Morgan fingerprint density at radius 1 is 1.12 bits per heavy atom. The predicted molar refractivity (Wildman–Crippen MR) is 90.5 cm³/mol. The summed E-state index contributed by atoms with van der Waals surface area (Å²) < 4.78 is 21.6. The number of rotatable bonds is 8. The van der Waals surface area contributed by atoms with Crippen LogP contribution in [0, 0.1) is 0 Å². The third-order valence-electron chi connectivity index (χ3n) is 3.82. The van der Waals surface area contributed by atoms with Crippen molar-refractivity contribution in [3.8, 4) is 5.75 Å². The fourth-order valence-corrected chi connectivity index (χ4v) is 2.79. The predicted octanol–water partition coefficient (Wildman–Crippen LogP) is 1.98. The standard InChI is InChI=1S/C18H27NO5/c1-14-12-19(13-15(2)24-14)8-9-22-10-11-23-17-6-4-16(5-7-17)18(20)21-3/h4-7,14-15H,8-13H2,1-3H3/t14-,15-/m0/s1. The maximum absolute atomic E-state index is 11.3. The number of morpholine rings is 1. The van der Waals surface area contributed by atoms with Crippen LogP contribution in [0.3, 0.4) is 0 Å². The van der Waals surface area contributed by atoms with Gasteiger partial charge in [0.25, 0.3) is 0 Å². The molecule has 1 aromatic carbocycles. The highest BCUT2D eigenvalue weighted by molar-refractivity contribution is 5.89. The van der Waals surface area contributed by atoms with E-state index in [1.807, 2.05) is 0 Å². The molecule has 0 unspecified atom stereocenters. The molecule has 0 amide bonds. The number of methoxy groups -OCH3 is 1. The number of carbonyl (C=O) groups excluding carboxylic acids is 1. The number of hydrogen-bond acceptors (Lipinski definition) is 6. The first-order valence-corrected chi connectivity index (χ1v) is 8.35. The Bertz CT molecular complexity index is 495. The van der Waals surface area contributed by atoms with E-state index in [0.717, 1.165) is 19.6 Å². The van der Waals surface area contributed by atoms with Crippen molar-refractivity contribution in [2.75, 3.05) is 46.6 Å². The minimum atomic E-state index is -0.350. The van der Waals surface area contributed by atoms with Gasteiger partial charge in [-0.25, -0.2) is 4.79 Å². The molecule has 1 aliphatic rings. The van der Waals surface area contributed by atoms with Gasteiger partial charge in [0.2, 0.25) is 0 Å². The van der Waals surface area contributed by atoms with Crippen LogP contribution in [0.15, 0.2) is 24.3 Å². The topological polar surface area (TPSA) is 57.2 Å². The van der Waals surface area contributed by atoms with Gasteiger partial charge in [-0.15, -0.1) is 0 Å². The number of carbonyl (C=O) groups is 1. The molecule has 0 bridgehead atoms. The summed E-state index contributed by atoms with van der Waals surface area (Å²) in [6.45, 7) is 8.72. The van der Waals surface area contributed by atoms with E-state index in [1.54, 1.807) is 24.3 Å². The monoisotopic (exact) mass is 337 g/mol. The molecule has 1 fully saturated rings. The minimum absolute atomic E-state index is 0.282. The average molecular weight is 337 g/mol. The smallest absolute Gasteiger partial charge is 0.337 e. The fourth-order valence-electron chi connectivity index (χ4n) is 2.79. The van der Waals surface area contributed by atoms with Gasteiger partial charge in [-0.2, -0.15) is 0 Å². The molecular weight excluding hydrogens is 310 g/mol. The largest absolute Gasteiger partial charge is 0.491 e. The zero-order chi connectivity index (χ0) is 17.4. The molecule has 0 aliphatic carbocycles. The summed E-state index contributed by atoms with van der Waals surface area (Å²) in [6, 6.07) is 6.87. The number of benzene rings is 1. The first kappa shape index (κ1) is 18.7. The summed E-state index contributed by atoms with van der Waals surface area (Å²) >= 11 is 0. The molecule has 24 heavy (non-hydrogen) atoms. The van der Waals surface area contributed by atoms with Gasteiger partial charge in [-0.05, 0) is 38.1 Å². The number of ether oxygens (including phenoxy) is 4. The van der Waals surface area contributed by atoms with Gasteiger partial charge in [0, 0.05) is 19.6 Å². The zero-order valence-electron chi connectivity index (χ0n) is 14.7. The van der Waals surface area contributed by atoms with Gasteiger partial charge in [0.1, 0.15) is 12.4 Å². The van der Waals surface area contributed by atoms with Crippen LogP contribution in [0.25, 0.3) is 0 Å². The molecule has 134 valence electrons. The van der Waals surface area contributed by atoms with Crippen molar-refractivity contribution in [3.63, 3.8) is 0 Å². The van der Waals surface area contributed by atoms with E-state index in [2.05, 4.69) is 23.5 Å². The summed E-state index contributed by atoms with van der Waals surface area (Å²) in [5, 5.41) is 0. The summed E-state index contributed by atoms with van der Waals surface area (Å²) in [7, 11) is 1.36. The van der Waals surface area contributed by atoms with Crippen LogP contribution in [0.1, 0.15) is 24.2 Å². The molecule has 0 saturated carbocycles. The van der Waals surface area contributed by atoms with Crippen molar-refractivity contribution in [2.45, 2.75) is 26.1 Å². The van der Waals surface area contributed by atoms with E-state index in [1.165, 1.54) is 7.11 Å². The average Bonchev–Trinajstić information content (AvgIpc) is 2.57. The van der Waals surface area contributed by atoms with Crippen LogP contribution >= 0.6 is 0 Å². The lowest BCUT2D eigenvalue weighted by Crippen LogP contribution is -2.46. The number of hydrogen-bond donors (Lipinski definition) is 0. The van der Waals surface area contributed by atoms with E-state index in [9.17, 15) is 4.79 Å². The van der Waals surface area contributed by atoms with Crippen molar-refractivity contribution in [1.29, 1.82) is 0 Å². The molecule has 1 saturated heterocycles. The van der Waals surface area contributed by atoms with Crippen molar-refractivity contribution < 1.29 is 23.7 Å². The lowest BCUT2D eigenvalue weighted by Gasteiger charge is -2.35. The van der Waals surface area contributed by atoms with Crippen LogP contribution in [0.2, 0.25) is 0 Å². The number of esters is 1. The maximum atomic E-state index is 11.3. The highest BCUT2D eigenvalue weighted by atomic mass is 16.5. The number of nitrogens with zero attached hydrogens (tertiary/aromatic N) is 1. The molecule has 0 aromatic heterocycles. The highest BCUT2D eigenvalue weighted by Gasteiger charge is 2.21. The summed E-state index contributed by atoms with van der Waals surface area (Å²) in [4.78, 5) is 13.7. The first-order chi connectivity index (χ1) is 11.6. The lowest BCUT2D eigenvalue weighted by molar-refractivity contribution is -0.0734. The van der Waals surface area contributed by atoms with E-state index in [4.69, 9.17) is 14.2 Å². The highest BCUT2D eigenvalue weighted by Crippen LogP contribution is 2.13. The fraction of sp³-hybridized carbons (Fsp3) is 0.611. The molecule has 6 heteroatoms. The second-order valence-electron chi connectivity index (χ2n) is 5.99. The van der Waals surface area contributed by atoms with Crippen LogP contribution in [0.4, 0.5) is 0 Å². The third kappa shape index (κ3) is 6.11. The molecular formula is C18H27NO5. The Kier molecular flexibility index (Phi) is 7.49. The maximum Gasteiger partial charge on any atom is 0.337 e. The van der Waals surface area contributed by atoms with Gasteiger partial charge in [0.15, 0.2) is 0 Å². The normalized spacial score (nSPS) is 21.5. The van der Waals surface area contributed by atoms with E-state index >= 15 is 0 Å². The quantitative estimate of drug-likeness (QED) is 0.534. The Balaban J connectivity index is 1.57. The minimum Gasteiger partial charge on any atom is -0.491 e. The molecule has 1 aromatic rings. The molecule has 1 aliphatic heterocycles. The summed E-state index contributed by atoms with van der Waals surface area (Å²) in [5.41, 5.74) is 0.509. The van der Waals surface area contributed by atoms with Gasteiger partial charge >= 0.3 is 5.97 Å². The lowest BCUT2D eigenvalue weighted by atomic mass is 10.2. The molecule has 0 spiro atoms. The second-order valence-corrected chi connectivity index (χ2v) is 5.99. The van der Waals surface area contributed by atoms with Crippen LogP contribution in [-0.4, -0.2) is 69.6 Å². The van der Waals surface area contributed by atoms with E-state index in [0.29, 0.717) is 31.1 Å². The zero-order valence-corrected chi connectivity index (χ0v) is 14.7. The Labute approximate surface area is 143 Å².